The molecular weight excluding hydrogens is 290 g/mol. The number of ether oxygens (including phenoxy) is 1. The Labute approximate surface area is 137 Å². The molecular formula is C19H25NO3. The Morgan fingerprint density at radius 3 is 2.61 bits per heavy atom. The smallest absolute Gasteiger partial charge is 0.338 e. The average Bonchev–Trinajstić information content (AvgIpc) is 2.54. The second kappa shape index (κ2) is 8.04. The summed E-state index contributed by atoms with van der Waals surface area (Å²) in [4.78, 5) is 22.3. The minimum absolute atomic E-state index is 0.178. The molecule has 1 fully saturated rings. The van der Waals surface area contributed by atoms with Gasteiger partial charge in [0.25, 0.3) is 0 Å². The lowest BCUT2D eigenvalue weighted by molar-refractivity contribution is -0.130. The van der Waals surface area contributed by atoms with E-state index in [0.717, 1.165) is 11.5 Å². The molecule has 0 saturated heterocycles. The predicted molar refractivity (Wildman–Crippen MR) is 91.6 cm³/mol. The van der Waals surface area contributed by atoms with Gasteiger partial charge in [-0.25, -0.2) is 4.79 Å². The summed E-state index contributed by atoms with van der Waals surface area (Å²) in [7, 11) is 0. The Balaban J connectivity index is 2.22. The summed E-state index contributed by atoms with van der Waals surface area (Å²) >= 11 is 0. The molecule has 0 radical (unpaired) electrons. The van der Waals surface area contributed by atoms with Crippen molar-refractivity contribution in [2.24, 2.45) is 11.1 Å². The third kappa shape index (κ3) is 4.75. The Kier molecular flexibility index (Phi) is 6.08. The lowest BCUT2D eigenvalue weighted by Gasteiger charge is -2.27. The van der Waals surface area contributed by atoms with Crippen molar-refractivity contribution < 1.29 is 9.53 Å². The van der Waals surface area contributed by atoms with Crippen LogP contribution in [0.5, 0.6) is 5.75 Å². The van der Waals surface area contributed by atoms with Gasteiger partial charge < -0.3 is 4.74 Å². The van der Waals surface area contributed by atoms with Gasteiger partial charge >= 0.3 is 5.97 Å². The molecule has 4 nitrogen and oxygen atoms in total. The van der Waals surface area contributed by atoms with E-state index < -0.39 is 5.97 Å². The van der Waals surface area contributed by atoms with E-state index in [1.807, 2.05) is 12.1 Å². The Bertz CT molecular complexity index is 586. The van der Waals surface area contributed by atoms with E-state index >= 15 is 0 Å². The van der Waals surface area contributed by atoms with Crippen molar-refractivity contribution >= 4 is 5.97 Å². The van der Waals surface area contributed by atoms with E-state index in [4.69, 9.17) is 4.74 Å². The molecule has 2 rings (SSSR count). The molecule has 0 heterocycles. The number of rotatable bonds is 6. The number of hydrogen-bond donors (Lipinski definition) is 0. The van der Waals surface area contributed by atoms with Crippen LogP contribution in [0.15, 0.2) is 35.5 Å². The molecule has 1 aromatic rings. The third-order valence-electron chi connectivity index (χ3n) is 4.60. The summed E-state index contributed by atoms with van der Waals surface area (Å²) in [5, 5.41) is 2.90. The highest BCUT2D eigenvalue weighted by Crippen LogP contribution is 2.37. The van der Waals surface area contributed by atoms with Gasteiger partial charge in [0.05, 0.1) is 6.54 Å². The fraction of sp³-hybridized carbons (Fsp3) is 0.526. The second-order valence-electron chi connectivity index (χ2n) is 6.60. The van der Waals surface area contributed by atoms with Crippen LogP contribution in [-0.2, 0) is 11.2 Å². The van der Waals surface area contributed by atoms with Crippen LogP contribution in [0.4, 0.5) is 0 Å². The Morgan fingerprint density at radius 1 is 1.30 bits per heavy atom. The lowest BCUT2D eigenvalue weighted by atomic mass is 9.79. The van der Waals surface area contributed by atoms with Crippen LogP contribution in [0, 0.1) is 10.8 Å². The van der Waals surface area contributed by atoms with E-state index in [0.29, 0.717) is 23.7 Å². The largest absolute Gasteiger partial charge is 0.423 e. The van der Waals surface area contributed by atoms with E-state index in [1.54, 1.807) is 6.92 Å². The zero-order chi connectivity index (χ0) is 16.8. The molecule has 0 aliphatic heterocycles. The molecule has 1 saturated carbocycles. The first kappa shape index (κ1) is 17.4. The highest BCUT2D eigenvalue weighted by Gasteiger charge is 2.21. The molecule has 0 atom stereocenters. The molecule has 0 bridgehead atoms. The van der Waals surface area contributed by atoms with Gasteiger partial charge in [-0.15, -0.1) is 0 Å². The van der Waals surface area contributed by atoms with Gasteiger partial charge in [-0.3, -0.25) is 0 Å². The molecule has 0 N–H and O–H groups in total. The second-order valence-corrected chi connectivity index (χ2v) is 6.60. The van der Waals surface area contributed by atoms with Gasteiger partial charge in [-0.2, -0.15) is 4.91 Å². The zero-order valence-electron chi connectivity index (χ0n) is 14.0. The van der Waals surface area contributed by atoms with Crippen molar-refractivity contribution in [3.05, 3.63) is 46.4 Å². The van der Waals surface area contributed by atoms with E-state index in [2.05, 4.69) is 24.7 Å². The number of esters is 1. The molecule has 4 heteroatoms. The van der Waals surface area contributed by atoms with Gasteiger partial charge in [0.2, 0.25) is 0 Å². The first-order chi connectivity index (χ1) is 11.0. The van der Waals surface area contributed by atoms with Gasteiger partial charge in [-0.1, -0.05) is 43.7 Å². The maximum atomic E-state index is 11.9. The van der Waals surface area contributed by atoms with Crippen LogP contribution in [0.1, 0.15) is 56.6 Å². The zero-order valence-corrected chi connectivity index (χ0v) is 14.0. The minimum atomic E-state index is -0.431. The third-order valence-corrected chi connectivity index (χ3v) is 4.60. The van der Waals surface area contributed by atoms with Crippen molar-refractivity contribution in [1.82, 2.24) is 0 Å². The number of carbonyl (C=O) groups is 1. The number of hydrogen-bond acceptors (Lipinski definition) is 4. The monoisotopic (exact) mass is 315 g/mol. The van der Waals surface area contributed by atoms with Gasteiger partial charge in [-0.05, 0) is 55.2 Å². The molecule has 1 aliphatic rings. The van der Waals surface area contributed by atoms with E-state index in [-0.39, 0.29) is 6.54 Å². The molecule has 124 valence electrons. The molecule has 0 amide bonds. The summed E-state index contributed by atoms with van der Waals surface area (Å²) < 4.78 is 5.47. The predicted octanol–water partition coefficient (Wildman–Crippen LogP) is 4.77. The molecule has 1 aromatic carbocycles. The first-order valence-electron chi connectivity index (χ1n) is 8.31. The topological polar surface area (TPSA) is 55.7 Å². The van der Waals surface area contributed by atoms with Gasteiger partial charge in [0, 0.05) is 5.57 Å². The number of nitrogens with zero attached hydrogens (tertiary/aromatic N) is 1. The van der Waals surface area contributed by atoms with Crippen LogP contribution in [0.25, 0.3) is 0 Å². The summed E-state index contributed by atoms with van der Waals surface area (Å²) in [6.45, 7) is 7.72. The maximum Gasteiger partial charge on any atom is 0.338 e. The van der Waals surface area contributed by atoms with Crippen LogP contribution in [0.2, 0.25) is 0 Å². The summed E-state index contributed by atoms with van der Waals surface area (Å²) in [6.07, 6.45) is 5.30. The lowest BCUT2D eigenvalue weighted by Crippen LogP contribution is -2.13. The molecule has 0 spiro atoms. The Morgan fingerprint density at radius 2 is 2.00 bits per heavy atom. The molecule has 23 heavy (non-hydrogen) atoms. The number of nitroso groups, excluding NO2 is 1. The first-order valence-corrected chi connectivity index (χ1v) is 8.31. The van der Waals surface area contributed by atoms with Crippen LogP contribution >= 0.6 is 0 Å². The van der Waals surface area contributed by atoms with Crippen molar-refractivity contribution in [3.8, 4) is 5.75 Å². The quantitative estimate of drug-likeness (QED) is 0.329. The maximum absolute atomic E-state index is 11.9. The highest BCUT2D eigenvalue weighted by molar-refractivity contribution is 5.89. The van der Waals surface area contributed by atoms with Crippen molar-refractivity contribution in [1.29, 1.82) is 0 Å². The van der Waals surface area contributed by atoms with E-state index in [1.165, 1.54) is 31.2 Å². The van der Waals surface area contributed by atoms with Crippen LogP contribution in [0.3, 0.4) is 0 Å². The Hall–Kier alpha value is -1.97. The fourth-order valence-corrected chi connectivity index (χ4v) is 3.07. The molecule has 0 unspecified atom stereocenters. The molecule has 1 aliphatic carbocycles. The standard InChI is InChI=1S/C19H25NO3/c1-13(2)19(21)23-18-12-17(9-8-16(18)10-11-20-22)15-6-4-14(3)5-7-15/h8-9,12,14-15H,1,4-7,10-11H2,2-3H3. The average molecular weight is 315 g/mol. The van der Waals surface area contributed by atoms with Crippen molar-refractivity contribution in [3.63, 3.8) is 0 Å². The summed E-state index contributed by atoms with van der Waals surface area (Å²) in [6, 6.07) is 6.01. The van der Waals surface area contributed by atoms with Crippen LogP contribution < -0.4 is 4.74 Å². The summed E-state index contributed by atoms with van der Waals surface area (Å²) in [5.74, 6) is 1.43. The summed E-state index contributed by atoms with van der Waals surface area (Å²) in [5.41, 5.74) is 2.41. The highest BCUT2D eigenvalue weighted by atomic mass is 16.5. The number of benzene rings is 1. The van der Waals surface area contributed by atoms with Crippen LogP contribution in [-0.4, -0.2) is 12.5 Å². The van der Waals surface area contributed by atoms with E-state index in [9.17, 15) is 9.70 Å². The number of carbonyl (C=O) groups excluding carboxylic acids is 1. The van der Waals surface area contributed by atoms with Gasteiger partial charge in [0.15, 0.2) is 0 Å². The normalized spacial score (nSPS) is 20.8. The molecule has 0 aromatic heterocycles. The fourth-order valence-electron chi connectivity index (χ4n) is 3.07. The van der Waals surface area contributed by atoms with Crippen molar-refractivity contribution in [2.45, 2.75) is 51.9 Å². The van der Waals surface area contributed by atoms with Crippen molar-refractivity contribution in [2.75, 3.05) is 6.54 Å². The minimum Gasteiger partial charge on any atom is -0.423 e. The van der Waals surface area contributed by atoms with Gasteiger partial charge in [0.1, 0.15) is 5.75 Å². The SMILES string of the molecule is C=C(C)C(=O)Oc1cc(C2CCC(C)CC2)ccc1CCN=O.